The number of rotatable bonds is 5. The molecule has 0 fully saturated rings. The van der Waals surface area contributed by atoms with E-state index in [0.29, 0.717) is 12.2 Å². The highest BCUT2D eigenvalue weighted by molar-refractivity contribution is 7.19. The van der Waals surface area contributed by atoms with Crippen LogP contribution in [-0.2, 0) is 11.2 Å². The Morgan fingerprint density at radius 1 is 1.05 bits per heavy atom. The van der Waals surface area contributed by atoms with Crippen molar-refractivity contribution >= 4 is 27.2 Å². The van der Waals surface area contributed by atoms with Gasteiger partial charge in [-0.25, -0.2) is 0 Å². The Labute approximate surface area is 129 Å². The Balaban J connectivity index is 1.69. The molecule has 0 aliphatic carbocycles. The first-order chi connectivity index (χ1) is 10.2. The first-order valence-electron chi connectivity index (χ1n) is 7.29. The summed E-state index contributed by atoms with van der Waals surface area (Å²) in [6.07, 6.45) is 1.44. The van der Waals surface area contributed by atoms with Crippen molar-refractivity contribution in [2.45, 2.75) is 25.7 Å². The maximum Gasteiger partial charge on any atom is 0.141 e. The second kappa shape index (κ2) is 6.23. The van der Waals surface area contributed by atoms with Gasteiger partial charge in [-0.05, 0) is 29.5 Å². The van der Waals surface area contributed by atoms with Crippen LogP contribution in [0.4, 0.5) is 0 Å². The first kappa shape index (κ1) is 14.0. The van der Waals surface area contributed by atoms with Crippen LogP contribution in [0.25, 0.3) is 10.1 Å². The maximum atomic E-state index is 12.4. The molecule has 1 nitrogen and oxygen atoms in total. The number of benzene rings is 2. The minimum atomic E-state index is -0.00823. The zero-order valence-corrected chi connectivity index (χ0v) is 12.9. The highest BCUT2D eigenvalue weighted by Gasteiger charge is 2.17. The summed E-state index contributed by atoms with van der Waals surface area (Å²) >= 11 is 1.73. The van der Waals surface area contributed by atoms with Crippen LogP contribution in [0, 0.1) is 0 Å². The molecule has 0 unspecified atom stereocenters. The second-order valence-electron chi connectivity index (χ2n) is 5.36. The van der Waals surface area contributed by atoms with Crippen molar-refractivity contribution in [2.24, 2.45) is 0 Å². The quantitative estimate of drug-likeness (QED) is 0.631. The lowest BCUT2D eigenvalue weighted by Crippen LogP contribution is -2.08. The first-order valence-corrected chi connectivity index (χ1v) is 8.11. The lowest BCUT2D eigenvalue weighted by Gasteiger charge is -2.08. The van der Waals surface area contributed by atoms with Crippen LogP contribution in [0.5, 0.6) is 0 Å². The van der Waals surface area contributed by atoms with Gasteiger partial charge in [-0.3, -0.25) is 4.79 Å². The standard InChI is InChI=1S/C19H18OS/c1-14(17(20)12-11-15-7-3-2-4-8-15)19-13-16-9-5-6-10-18(16)21-19/h2-10,13-14H,11-12H2,1H3/t14-/m0/s1. The van der Waals surface area contributed by atoms with Gasteiger partial charge >= 0.3 is 0 Å². The van der Waals surface area contributed by atoms with Crippen LogP contribution in [0.1, 0.15) is 29.7 Å². The number of carbonyl (C=O) groups is 1. The molecule has 0 bridgehead atoms. The average molecular weight is 294 g/mol. The van der Waals surface area contributed by atoms with E-state index < -0.39 is 0 Å². The number of thiophene rings is 1. The highest BCUT2D eigenvalue weighted by Crippen LogP contribution is 2.31. The van der Waals surface area contributed by atoms with E-state index in [1.54, 1.807) is 11.3 Å². The largest absolute Gasteiger partial charge is 0.299 e. The molecule has 1 atom stereocenters. The molecule has 0 saturated heterocycles. The van der Waals surface area contributed by atoms with E-state index in [-0.39, 0.29) is 5.92 Å². The van der Waals surface area contributed by atoms with E-state index >= 15 is 0 Å². The molecule has 0 aliphatic rings. The summed E-state index contributed by atoms with van der Waals surface area (Å²) < 4.78 is 1.26. The van der Waals surface area contributed by atoms with Gasteiger partial charge in [0.05, 0.1) is 0 Å². The Hall–Kier alpha value is -1.93. The van der Waals surface area contributed by atoms with Crippen molar-refractivity contribution in [1.29, 1.82) is 0 Å². The number of aryl methyl sites for hydroxylation is 1. The van der Waals surface area contributed by atoms with E-state index in [9.17, 15) is 4.79 Å². The number of Topliss-reactive ketones (excluding diaryl/α,β-unsaturated/α-hetero) is 1. The van der Waals surface area contributed by atoms with Gasteiger partial charge < -0.3 is 0 Å². The van der Waals surface area contributed by atoms with E-state index in [2.05, 4.69) is 30.3 Å². The fraction of sp³-hybridized carbons (Fsp3) is 0.211. The molecule has 0 spiro atoms. The minimum Gasteiger partial charge on any atom is -0.299 e. The van der Waals surface area contributed by atoms with E-state index in [0.717, 1.165) is 6.42 Å². The lowest BCUT2D eigenvalue weighted by atomic mass is 9.98. The predicted molar refractivity (Wildman–Crippen MR) is 90.0 cm³/mol. The van der Waals surface area contributed by atoms with Gasteiger partial charge in [0, 0.05) is 21.9 Å². The van der Waals surface area contributed by atoms with Crippen LogP contribution in [0.2, 0.25) is 0 Å². The normalized spacial score (nSPS) is 12.4. The molecule has 2 aromatic carbocycles. The van der Waals surface area contributed by atoms with Gasteiger partial charge in [0.15, 0.2) is 0 Å². The molecule has 0 aliphatic heterocycles. The number of fused-ring (bicyclic) bond motifs is 1. The molecular weight excluding hydrogens is 276 g/mol. The number of carbonyl (C=O) groups excluding carboxylic acids is 1. The van der Waals surface area contributed by atoms with Crippen LogP contribution in [0.3, 0.4) is 0 Å². The fourth-order valence-electron chi connectivity index (χ4n) is 2.50. The predicted octanol–water partition coefficient (Wildman–Crippen LogP) is 5.21. The fourth-order valence-corrected chi connectivity index (χ4v) is 3.64. The molecule has 1 heterocycles. The molecule has 0 radical (unpaired) electrons. The van der Waals surface area contributed by atoms with Gasteiger partial charge in [0.1, 0.15) is 5.78 Å². The summed E-state index contributed by atoms with van der Waals surface area (Å²) in [5.41, 5.74) is 1.23. The van der Waals surface area contributed by atoms with Crippen molar-refractivity contribution in [3.63, 3.8) is 0 Å². The molecule has 0 saturated carbocycles. The van der Waals surface area contributed by atoms with Crippen molar-refractivity contribution in [2.75, 3.05) is 0 Å². The summed E-state index contributed by atoms with van der Waals surface area (Å²) in [6, 6.07) is 20.7. The van der Waals surface area contributed by atoms with E-state index in [1.807, 2.05) is 37.3 Å². The topological polar surface area (TPSA) is 17.1 Å². The van der Waals surface area contributed by atoms with Gasteiger partial charge in [0.25, 0.3) is 0 Å². The Morgan fingerprint density at radius 3 is 2.52 bits per heavy atom. The zero-order valence-electron chi connectivity index (χ0n) is 12.1. The number of ketones is 1. The van der Waals surface area contributed by atoms with Crippen molar-refractivity contribution in [1.82, 2.24) is 0 Å². The number of hydrogen-bond donors (Lipinski definition) is 0. The maximum absolute atomic E-state index is 12.4. The summed E-state index contributed by atoms with van der Waals surface area (Å²) in [4.78, 5) is 13.6. The zero-order chi connectivity index (χ0) is 14.7. The summed E-state index contributed by atoms with van der Waals surface area (Å²) in [7, 11) is 0. The van der Waals surface area contributed by atoms with Gasteiger partial charge in [-0.1, -0.05) is 55.5 Å². The third-order valence-electron chi connectivity index (χ3n) is 3.86. The monoisotopic (exact) mass is 294 g/mol. The summed E-state index contributed by atoms with van der Waals surface area (Å²) in [6.45, 7) is 2.03. The molecule has 21 heavy (non-hydrogen) atoms. The van der Waals surface area contributed by atoms with E-state index in [1.165, 1.54) is 20.5 Å². The number of hydrogen-bond acceptors (Lipinski definition) is 2. The molecule has 0 amide bonds. The Morgan fingerprint density at radius 2 is 1.76 bits per heavy atom. The Kier molecular flexibility index (Phi) is 4.16. The minimum absolute atomic E-state index is 0.00823. The highest BCUT2D eigenvalue weighted by atomic mass is 32.1. The Bertz CT molecular complexity index is 709. The van der Waals surface area contributed by atoms with Crippen LogP contribution in [-0.4, -0.2) is 5.78 Å². The summed E-state index contributed by atoms with van der Waals surface area (Å²) in [5, 5.41) is 1.24. The van der Waals surface area contributed by atoms with Gasteiger partial charge in [-0.15, -0.1) is 11.3 Å². The molecule has 3 rings (SSSR count). The van der Waals surface area contributed by atoms with Gasteiger partial charge in [0.2, 0.25) is 0 Å². The second-order valence-corrected chi connectivity index (χ2v) is 6.48. The third kappa shape index (κ3) is 3.22. The van der Waals surface area contributed by atoms with E-state index in [4.69, 9.17) is 0 Å². The molecule has 106 valence electrons. The van der Waals surface area contributed by atoms with Crippen LogP contribution >= 0.6 is 11.3 Å². The van der Waals surface area contributed by atoms with Crippen molar-refractivity contribution in [3.8, 4) is 0 Å². The molecule has 1 aromatic heterocycles. The molecular formula is C19H18OS. The van der Waals surface area contributed by atoms with Gasteiger partial charge in [-0.2, -0.15) is 0 Å². The average Bonchev–Trinajstić information content (AvgIpc) is 2.97. The summed E-state index contributed by atoms with van der Waals surface area (Å²) in [5.74, 6) is 0.316. The van der Waals surface area contributed by atoms with Crippen LogP contribution in [0.15, 0.2) is 60.7 Å². The van der Waals surface area contributed by atoms with Crippen molar-refractivity contribution in [3.05, 3.63) is 71.1 Å². The third-order valence-corrected chi connectivity index (χ3v) is 5.16. The lowest BCUT2D eigenvalue weighted by molar-refractivity contribution is -0.120. The van der Waals surface area contributed by atoms with Crippen molar-refractivity contribution < 1.29 is 4.79 Å². The molecule has 2 heteroatoms. The molecule has 3 aromatic rings. The smallest absolute Gasteiger partial charge is 0.141 e. The SMILES string of the molecule is C[C@@H](C(=O)CCc1ccccc1)c1cc2ccccc2s1. The molecule has 0 N–H and O–H groups in total. The van der Waals surface area contributed by atoms with Crippen LogP contribution < -0.4 is 0 Å².